The molecule has 2 aromatic rings. The number of methoxy groups -OCH3 is 1. The van der Waals surface area contributed by atoms with E-state index < -0.39 is 0 Å². The third-order valence-electron chi connectivity index (χ3n) is 4.58. The molecule has 0 amide bonds. The lowest BCUT2D eigenvalue weighted by Gasteiger charge is -2.08. The number of unbranched alkanes of at least 4 members (excludes halogenated alkanes) is 1. The molecule has 0 N–H and O–H groups in total. The van der Waals surface area contributed by atoms with Gasteiger partial charge in [-0.25, -0.2) is 0 Å². The summed E-state index contributed by atoms with van der Waals surface area (Å²) >= 11 is 0. The molecule has 0 fully saturated rings. The largest absolute Gasteiger partial charge is 0.469 e. The van der Waals surface area contributed by atoms with Gasteiger partial charge in [0.1, 0.15) is 11.5 Å². The van der Waals surface area contributed by atoms with Gasteiger partial charge in [0, 0.05) is 6.42 Å². The van der Waals surface area contributed by atoms with E-state index in [1.807, 2.05) is 18.4 Å². The number of rotatable bonds is 11. The average molecular weight is 358 g/mol. The highest BCUT2D eigenvalue weighted by atomic mass is 16.5. The highest BCUT2D eigenvalue weighted by Crippen LogP contribution is 2.18. The number of aryl methyl sites for hydroxylation is 1. The van der Waals surface area contributed by atoms with Gasteiger partial charge >= 0.3 is 5.97 Å². The van der Waals surface area contributed by atoms with Crippen molar-refractivity contribution >= 4 is 5.97 Å². The second kappa shape index (κ2) is 10.7. The number of allylic oxidation sites excluding steroid dienone is 2. The molecule has 142 valence electrons. The molecule has 0 aliphatic heterocycles. The monoisotopic (exact) mass is 358 g/mol. The molecule has 0 aliphatic rings. The van der Waals surface area contributed by atoms with Crippen molar-refractivity contribution in [3.63, 3.8) is 0 Å². The van der Waals surface area contributed by atoms with Gasteiger partial charge in [0.15, 0.2) is 0 Å². The maximum absolute atomic E-state index is 11.2. The van der Waals surface area contributed by atoms with Crippen molar-refractivity contribution in [3.8, 4) is 0 Å². The zero-order chi connectivity index (χ0) is 18.8. The van der Waals surface area contributed by atoms with E-state index in [1.54, 1.807) is 6.26 Å². The van der Waals surface area contributed by atoms with Crippen molar-refractivity contribution in [1.29, 1.82) is 0 Å². The minimum absolute atomic E-state index is 0.115. The Morgan fingerprint density at radius 1 is 1.31 bits per heavy atom. The van der Waals surface area contributed by atoms with Gasteiger partial charge < -0.3 is 13.6 Å². The number of hydrogen-bond acceptors (Lipinski definition) is 4. The molecule has 2 aromatic heterocycles. The van der Waals surface area contributed by atoms with Crippen LogP contribution in [0.25, 0.3) is 0 Å². The van der Waals surface area contributed by atoms with Crippen LogP contribution in [-0.4, -0.2) is 13.1 Å². The molecule has 0 saturated carbocycles. The lowest BCUT2D eigenvalue weighted by molar-refractivity contribution is -0.141. The van der Waals surface area contributed by atoms with Gasteiger partial charge in [-0.1, -0.05) is 18.6 Å². The third kappa shape index (κ3) is 7.34. The summed E-state index contributed by atoms with van der Waals surface area (Å²) in [6, 6.07) is 5.97. The Hall–Kier alpha value is -2.23. The van der Waals surface area contributed by atoms with Crippen molar-refractivity contribution in [2.24, 2.45) is 5.92 Å². The summed E-state index contributed by atoms with van der Waals surface area (Å²) in [5.74, 6) is 2.13. The van der Waals surface area contributed by atoms with Crippen LogP contribution in [0.2, 0.25) is 0 Å². The molecule has 1 atom stereocenters. The van der Waals surface area contributed by atoms with Crippen molar-refractivity contribution in [1.82, 2.24) is 0 Å². The van der Waals surface area contributed by atoms with Crippen LogP contribution in [0.3, 0.4) is 0 Å². The van der Waals surface area contributed by atoms with Crippen LogP contribution in [0.5, 0.6) is 0 Å². The summed E-state index contributed by atoms with van der Waals surface area (Å²) in [5.41, 5.74) is 2.63. The van der Waals surface area contributed by atoms with E-state index in [-0.39, 0.29) is 5.97 Å². The summed E-state index contributed by atoms with van der Waals surface area (Å²) in [6.45, 7) is 4.29. The van der Waals surface area contributed by atoms with Crippen LogP contribution in [0.4, 0.5) is 0 Å². The van der Waals surface area contributed by atoms with Crippen LogP contribution < -0.4 is 0 Å². The van der Waals surface area contributed by atoms with Crippen LogP contribution in [0.15, 0.2) is 51.2 Å². The summed E-state index contributed by atoms with van der Waals surface area (Å²) in [4.78, 5) is 11.2. The second-order valence-electron chi connectivity index (χ2n) is 7.04. The second-order valence-corrected chi connectivity index (χ2v) is 7.04. The fourth-order valence-corrected chi connectivity index (χ4v) is 2.96. The van der Waals surface area contributed by atoms with Crippen molar-refractivity contribution in [2.45, 2.75) is 58.8 Å². The topological polar surface area (TPSA) is 52.6 Å². The number of ether oxygens (including phenoxy) is 1. The van der Waals surface area contributed by atoms with Crippen LogP contribution in [0.1, 0.15) is 63.0 Å². The Bertz CT molecular complexity index is 679. The number of carbonyl (C=O) groups excluding carboxylic acids is 1. The van der Waals surface area contributed by atoms with E-state index in [0.29, 0.717) is 18.8 Å². The summed E-state index contributed by atoms with van der Waals surface area (Å²) in [5, 5.41) is 0. The van der Waals surface area contributed by atoms with Gasteiger partial charge in [-0.05, 0) is 68.7 Å². The van der Waals surface area contributed by atoms with Crippen molar-refractivity contribution in [2.75, 3.05) is 7.11 Å². The normalized spacial score (nSPS) is 13.0. The molecular formula is C22H30O4. The van der Waals surface area contributed by atoms with E-state index in [1.165, 1.54) is 18.2 Å². The van der Waals surface area contributed by atoms with E-state index in [0.717, 1.165) is 43.6 Å². The molecule has 0 spiro atoms. The third-order valence-corrected chi connectivity index (χ3v) is 4.58. The SMILES string of the molecule is COC(=O)CC(C)CCCC=C(C)CCc1coc(Cc2ccco2)c1. The minimum atomic E-state index is -0.115. The molecule has 0 saturated heterocycles. The van der Waals surface area contributed by atoms with Crippen LogP contribution >= 0.6 is 0 Å². The molecule has 2 rings (SSSR count). The summed E-state index contributed by atoms with van der Waals surface area (Å²) in [7, 11) is 1.45. The maximum Gasteiger partial charge on any atom is 0.305 e. The lowest BCUT2D eigenvalue weighted by atomic mass is 9.99. The molecule has 2 heterocycles. The van der Waals surface area contributed by atoms with E-state index in [9.17, 15) is 4.79 Å². The molecule has 0 aliphatic carbocycles. The highest BCUT2D eigenvalue weighted by Gasteiger charge is 2.08. The fraction of sp³-hybridized carbons (Fsp3) is 0.500. The van der Waals surface area contributed by atoms with Crippen LogP contribution in [-0.2, 0) is 22.4 Å². The first-order valence-corrected chi connectivity index (χ1v) is 9.38. The number of carbonyl (C=O) groups is 1. The lowest BCUT2D eigenvalue weighted by Crippen LogP contribution is -2.06. The molecule has 0 bridgehead atoms. The first-order valence-electron chi connectivity index (χ1n) is 9.38. The van der Waals surface area contributed by atoms with Crippen LogP contribution in [0, 0.1) is 5.92 Å². The molecule has 0 radical (unpaired) electrons. The van der Waals surface area contributed by atoms with Gasteiger partial charge in [0.2, 0.25) is 0 Å². The number of hydrogen-bond donors (Lipinski definition) is 0. The minimum Gasteiger partial charge on any atom is -0.469 e. The maximum atomic E-state index is 11.2. The van der Waals surface area contributed by atoms with Gasteiger partial charge in [-0.3, -0.25) is 4.79 Å². The first-order chi connectivity index (χ1) is 12.6. The molecule has 0 aromatic carbocycles. The van der Waals surface area contributed by atoms with Gasteiger partial charge in [-0.15, -0.1) is 0 Å². The number of furan rings is 2. The first kappa shape index (κ1) is 20.1. The Kier molecular flexibility index (Phi) is 8.26. The smallest absolute Gasteiger partial charge is 0.305 e. The summed E-state index contributed by atoms with van der Waals surface area (Å²) in [6.07, 6.45) is 12.3. The molecule has 26 heavy (non-hydrogen) atoms. The quantitative estimate of drug-likeness (QED) is 0.293. The zero-order valence-corrected chi connectivity index (χ0v) is 16.1. The van der Waals surface area contributed by atoms with E-state index in [4.69, 9.17) is 13.6 Å². The molecule has 1 unspecified atom stereocenters. The predicted octanol–water partition coefficient (Wildman–Crippen LogP) is 5.71. The molecular weight excluding hydrogens is 328 g/mol. The Balaban J connectivity index is 1.65. The fourth-order valence-electron chi connectivity index (χ4n) is 2.96. The Morgan fingerprint density at radius 3 is 2.88 bits per heavy atom. The predicted molar refractivity (Wildman–Crippen MR) is 102 cm³/mol. The van der Waals surface area contributed by atoms with Gasteiger partial charge in [0.25, 0.3) is 0 Å². The molecule has 4 heteroatoms. The van der Waals surface area contributed by atoms with Crippen molar-refractivity contribution < 1.29 is 18.4 Å². The van der Waals surface area contributed by atoms with Gasteiger partial charge in [-0.2, -0.15) is 0 Å². The molecule has 4 nitrogen and oxygen atoms in total. The van der Waals surface area contributed by atoms with E-state index >= 15 is 0 Å². The highest BCUT2D eigenvalue weighted by molar-refractivity contribution is 5.69. The average Bonchev–Trinajstić information content (AvgIpc) is 3.29. The Morgan fingerprint density at radius 2 is 2.15 bits per heavy atom. The summed E-state index contributed by atoms with van der Waals surface area (Å²) < 4.78 is 15.7. The standard InChI is InChI=1S/C22H30O4/c1-17(7-4-5-8-18(2)13-22(23)24-3)10-11-19-14-21(26-16-19)15-20-9-6-12-25-20/h6-7,9,12,14,16,18H,4-5,8,10-11,13,15H2,1-3H3. The van der Waals surface area contributed by atoms with E-state index in [2.05, 4.69) is 26.0 Å². The Labute approximate surface area is 156 Å². The zero-order valence-electron chi connectivity index (χ0n) is 16.1. The van der Waals surface area contributed by atoms with Crippen molar-refractivity contribution in [3.05, 3.63) is 59.5 Å². The van der Waals surface area contributed by atoms with Gasteiger partial charge in [0.05, 0.1) is 26.1 Å². The number of esters is 1.